The highest BCUT2D eigenvalue weighted by atomic mass is 19.1. The molecule has 2 N–H and O–H groups in total. The molecule has 6 aromatic carbocycles. The number of methoxy groups -OCH3 is 2. The summed E-state index contributed by atoms with van der Waals surface area (Å²) < 4.78 is 78.0. The van der Waals surface area contributed by atoms with Gasteiger partial charge in [-0.25, -0.2) is 18.1 Å². The van der Waals surface area contributed by atoms with E-state index in [-0.39, 0.29) is 39.4 Å². The number of halogens is 2. The minimum Gasteiger partial charge on any atom is -0.496 e. The summed E-state index contributed by atoms with van der Waals surface area (Å²) in [6.45, 7) is 10.1. The summed E-state index contributed by atoms with van der Waals surface area (Å²) in [4.78, 5) is 64.4. The second kappa shape index (κ2) is 26.7. The van der Waals surface area contributed by atoms with Crippen LogP contribution in [0.2, 0.25) is 0 Å². The van der Waals surface area contributed by atoms with Crippen LogP contribution in [0, 0.1) is 42.2 Å². The maximum Gasteiger partial charge on any atom is 0.284 e. The van der Waals surface area contributed by atoms with Crippen molar-refractivity contribution in [2.45, 2.75) is 58.9 Å². The first-order valence-electron chi connectivity index (χ1n) is 31.7. The summed E-state index contributed by atoms with van der Waals surface area (Å²) in [5.74, 6) is 0.356. The largest absolute Gasteiger partial charge is 0.496 e. The minimum absolute atomic E-state index is 0.0227. The second-order valence-corrected chi connectivity index (χ2v) is 25.1. The lowest BCUT2D eigenvalue weighted by Crippen LogP contribution is -2.27. The van der Waals surface area contributed by atoms with Gasteiger partial charge >= 0.3 is 0 Å². The Morgan fingerprint density at radius 3 is 1.61 bits per heavy atom. The smallest absolute Gasteiger partial charge is 0.284 e. The van der Waals surface area contributed by atoms with Gasteiger partial charge in [-0.1, -0.05) is 36.4 Å². The van der Waals surface area contributed by atoms with Crippen LogP contribution in [0.15, 0.2) is 155 Å². The highest BCUT2D eigenvalue weighted by Crippen LogP contribution is 2.48. The Kier molecular flexibility index (Phi) is 17.9. The third-order valence-corrected chi connectivity index (χ3v) is 19.0. The molecule has 1 saturated carbocycles. The van der Waals surface area contributed by atoms with E-state index in [9.17, 15) is 19.2 Å². The Hall–Kier alpha value is -10.2. The van der Waals surface area contributed by atoms with E-state index in [1.165, 1.54) is 46.1 Å². The molecule has 4 fully saturated rings. The molecule has 20 nitrogen and oxygen atoms in total. The van der Waals surface area contributed by atoms with Crippen LogP contribution >= 0.6 is 0 Å². The van der Waals surface area contributed by atoms with E-state index < -0.39 is 34.6 Å². The highest BCUT2D eigenvalue weighted by Gasteiger charge is 2.43. The fraction of sp³-hybridized carbons (Fsp3) is 0.315. The lowest BCUT2D eigenvalue weighted by atomic mass is 9.85. The molecule has 2 amide bonds. The number of pyridine rings is 2. The molecule has 490 valence electrons. The van der Waals surface area contributed by atoms with Crippen molar-refractivity contribution in [3.05, 3.63) is 206 Å². The van der Waals surface area contributed by atoms with Crippen molar-refractivity contribution in [1.29, 1.82) is 0 Å². The number of nitrogens with zero attached hydrogens (tertiary/aromatic N) is 7. The average Bonchev–Trinajstić information content (AvgIpc) is 1.75. The van der Waals surface area contributed by atoms with Gasteiger partial charge in [0.2, 0.25) is 0 Å². The van der Waals surface area contributed by atoms with Crippen molar-refractivity contribution >= 4 is 45.0 Å². The number of hydrogen-bond acceptors (Lipinski definition) is 14. The van der Waals surface area contributed by atoms with Crippen molar-refractivity contribution in [3.8, 4) is 51.6 Å². The lowest BCUT2D eigenvalue weighted by molar-refractivity contribution is 0.101. The first-order valence-corrected chi connectivity index (χ1v) is 31.7. The molecule has 1 aliphatic carbocycles. The lowest BCUT2D eigenvalue weighted by Gasteiger charge is -2.23. The number of hydrogen-bond donors (Lipinski definition) is 2. The fourth-order valence-corrected chi connectivity index (χ4v) is 13.7. The molecule has 3 saturated heterocycles. The van der Waals surface area contributed by atoms with Gasteiger partial charge in [0.25, 0.3) is 22.9 Å². The van der Waals surface area contributed by atoms with Gasteiger partial charge in [-0.2, -0.15) is 0 Å². The topological polar surface area (TPSA) is 206 Å². The van der Waals surface area contributed by atoms with E-state index in [0.29, 0.717) is 91.3 Å². The number of fused-ring (bicyclic) bond motifs is 2. The molecule has 0 bridgehead atoms. The van der Waals surface area contributed by atoms with E-state index in [1.54, 1.807) is 106 Å². The monoisotopic (exact) mass is 1290 g/mol. The van der Waals surface area contributed by atoms with E-state index in [1.807, 2.05) is 54.6 Å². The molecule has 4 aliphatic rings. The Bertz CT molecular complexity index is 4670. The van der Waals surface area contributed by atoms with Crippen LogP contribution in [0.3, 0.4) is 0 Å². The summed E-state index contributed by atoms with van der Waals surface area (Å²) in [6.07, 6.45) is 9.97. The maximum atomic E-state index is 15.4. The molecule has 3 atom stereocenters. The number of anilines is 2. The number of rotatable bonds is 17. The standard InChI is InChI=1S/C37H37FN4O6.C36H36FN5O5/c1-23-34(36(44)42(41(23)2)26-7-5-4-6-8-26)35(43)40-25-9-10-31(28(38)17-25)48-30-12-15-39-29-19-33(32(45-3)18-27(29)30)47-21-24-11-13-37(20-24)14-16-46-22-37;1-23-33(35(44)42(40(23)2)26-7-5-4-6-8-26)34(43)39-25-9-10-31(28(37)18-25)47-30-11-14-38-29-17-24(32(45-3)19-27(29)30)20-41-15-12-36(21-41)13-16-46-22-36/h4-10,12,15,17-19,24H,11,13-14,16,20-22H2,1-3H3,(H,40,43);4-11,14,17-19H,12-13,15-16,20-22H2,1-3H3,(H,39,43). The zero-order chi connectivity index (χ0) is 66.1. The molecule has 7 heterocycles. The number of amides is 2. The molecule has 3 unspecified atom stereocenters. The summed E-state index contributed by atoms with van der Waals surface area (Å²) in [5, 5.41) is 6.62. The van der Waals surface area contributed by atoms with Crippen LogP contribution in [0.25, 0.3) is 33.2 Å². The molecule has 95 heavy (non-hydrogen) atoms. The SMILES string of the molecule is COc1cc2c(Oc3ccc(NC(=O)c4c(C)n(C)n(-c5ccccc5)c4=O)cc3F)ccnc2cc1CN1CCC2(CCOC2)C1.COc1cc2c(Oc3ccc(NC(=O)c4c(C)n(C)n(-c5ccccc5)c4=O)cc3F)ccnc2cc1OCC1CCC2(CCOC2)C1. The number of benzene rings is 6. The van der Waals surface area contributed by atoms with E-state index >= 15 is 8.78 Å². The molecule has 22 heteroatoms. The highest BCUT2D eigenvalue weighted by molar-refractivity contribution is 6.05. The zero-order valence-electron chi connectivity index (χ0n) is 53.7. The van der Waals surface area contributed by atoms with Crippen LogP contribution in [-0.4, -0.2) is 106 Å². The van der Waals surface area contributed by atoms with Gasteiger partial charge in [0.05, 0.1) is 67.8 Å². The Balaban J connectivity index is 0.000000172. The summed E-state index contributed by atoms with van der Waals surface area (Å²) >= 11 is 0. The van der Waals surface area contributed by atoms with Crippen molar-refractivity contribution in [2.75, 3.05) is 71.0 Å². The molecular formula is C73H73F2N9O11. The van der Waals surface area contributed by atoms with Crippen molar-refractivity contribution < 1.29 is 51.5 Å². The number of carbonyl (C=O) groups is 2. The second-order valence-electron chi connectivity index (χ2n) is 25.1. The number of carbonyl (C=O) groups excluding carboxylic acids is 2. The molecular weight excluding hydrogens is 1220 g/mol. The van der Waals surface area contributed by atoms with Crippen LogP contribution in [0.5, 0.6) is 40.2 Å². The van der Waals surface area contributed by atoms with Gasteiger partial charge in [-0.15, -0.1) is 0 Å². The molecule has 0 radical (unpaired) electrons. The Morgan fingerprint density at radius 1 is 0.589 bits per heavy atom. The number of nitrogens with one attached hydrogen (secondary N) is 2. The van der Waals surface area contributed by atoms with Crippen molar-refractivity contribution in [1.82, 2.24) is 33.6 Å². The van der Waals surface area contributed by atoms with Gasteiger partial charge in [0.15, 0.2) is 34.6 Å². The first-order chi connectivity index (χ1) is 46.0. The Labute approximate surface area is 546 Å². The van der Waals surface area contributed by atoms with Gasteiger partial charge in [0, 0.05) is 104 Å². The number of likely N-dealkylation sites (tertiary alicyclic amines) is 1. The maximum absolute atomic E-state index is 15.4. The first kappa shape index (κ1) is 63.6. The Morgan fingerprint density at radius 2 is 1.11 bits per heavy atom. The van der Waals surface area contributed by atoms with Crippen LogP contribution in [-0.2, 0) is 30.1 Å². The van der Waals surface area contributed by atoms with E-state index in [2.05, 4.69) is 25.5 Å². The minimum atomic E-state index is -0.696. The summed E-state index contributed by atoms with van der Waals surface area (Å²) in [6, 6.07) is 37.1. The van der Waals surface area contributed by atoms with Crippen molar-refractivity contribution in [2.24, 2.45) is 30.8 Å². The van der Waals surface area contributed by atoms with E-state index in [0.717, 1.165) is 89.8 Å². The third kappa shape index (κ3) is 12.9. The zero-order valence-corrected chi connectivity index (χ0v) is 53.7. The normalized spacial score (nSPS) is 18.3. The van der Waals surface area contributed by atoms with Gasteiger partial charge < -0.3 is 43.8 Å². The molecule has 10 aromatic rings. The third-order valence-electron chi connectivity index (χ3n) is 19.0. The summed E-state index contributed by atoms with van der Waals surface area (Å²) in [7, 11) is 6.63. The average molecular weight is 1290 g/mol. The van der Waals surface area contributed by atoms with Crippen LogP contribution in [0.4, 0.5) is 20.2 Å². The van der Waals surface area contributed by atoms with Gasteiger partial charge in [0.1, 0.15) is 28.4 Å². The van der Waals surface area contributed by atoms with Crippen LogP contribution in [0.1, 0.15) is 76.2 Å². The molecule has 14 rings (SSSR count). The summed E-state index contributed by atoms with van der Waals surface area (Å²) in [5.41, 5.74) is 4.49. The number of para-hydroxylation sites is 2. The predicted molar refractivity (Wildman–Crippen MR) is 355 cm³/mol. The van der Waals surface area contributed by atoms with Gasteiger partial charge in [-0.05, 0) is 149 Å². The molecule has 2 spiro atoms. The fourth-order valence-electron chi connectivity index (χ4n) is 13.7. The van der Waals surface area contributed by atoms with Gasteiger partial charge in [-0.3, -0.25) is 43.4 Å². The quantitative estimate of drug-likeness (QED) is 0.0870. The molecule has 4 aromatic heterocycles. The van der Waals surface area contributed by atoms with E-state index in [4.69, 9.17) is 33.2 Å². The van der Waals surface area contributed by atoms with Crippen molar-refractivity contribution in [3.63, 3.8) is 0 Å². The van der Waals surface area contributed by atoms with Crippen LogP contribution < -0.4 is 45.4 Å². The number of ether oxygens (including phenoxy) is 7. The number of aromatic nitrogens is 6. The molecule has 3 aliphatic heterocycles. The predicted octanol–water partition coefficient (Wildman–Crippen LogP) is 12.6.